The van der Waals surface area contributed by atoms with Crippen LogP contribution in [-0.4, -0.2) is 35.6 Å². The van der Waals surface area contributed by atoms with Crippen molar-refractivity contribution in [3.63, 3.8) is 0 Å². The standard InChI is InChI=1S/C12H19N3O4S/c1-14-10(5-11(16)15(2)12(14)17)7-13-6-9-3-4-20(18,19)8-9/h5,9,13H,3-4,6-8H2,1-2H3. The third-order valence-electron chi connectivity index (χ3n) is 3.69. The molecule has 7 nitrogen and oxygen atoms in total. The molecule has 1 atom stereocenters. The van der Waals surface area contributed by atoms with Crippen molar-refractivity contribution in [3.8, 4) is 0 Å². The lowest BCUT2D eigenvalue weighted by Gasteiger charge is -2.12. The Bertz CT molecular complexity index is 717. The molecule has 0 aromatic carbocycles. The fourth-order valence-electron chi connectivity index (χ4n) is 2.39. The highest BCUT2D eigenvalue weighted by Crippen LogP contribution is 2.17. The summed E-state index contributed by atoms with van der Waals surface area (Å²) >= 11 is 0. The fraction of sp³-hybridized carbons (Fsp3) is 0.667. The van der Waals surface area contributed by atoms with Gasteiger partial charge in [-0.1, -0.05) is 0 Å². The summed E-state index contributed by atoms with van der Waals surface area (Å²) in [7, 11) is 0.179. The molecule has 1 N–H and O–H groups in total. The van der Waals surface area contributed by atoms with E-state index in [2.05, 4.69) is 5.32 Å². The molecule has 1 aromatic rings. The van der Waals surface area contributed by atoms with E-state index in [1.165, 1.54) is 17.7 Å². The van der Waals surface area contributed by atoms with Gasteiger partial charge in [0.05, 0.1) is 11.5 Å². The Morgan fingerprint density at radius 3 is 2.60 bits per heavy atom. The van der Waals surface area contributed by atoms with E-state index >= 15 is 0 Å². The average Bonchev–Trinajstić information content (AvgIpc) is 2.72. The maximum atomic E-state index is 11.7. The summed E-state index contributed by atoms with van der Waals surface area (Å²) in [5.41, 5.74) is -0.106. The zero-order valence-electron chi connectivity index (χ0n) is 11.6. The van der Waals surface area contributed by atoms with Crippen molar-refractivity contribution in [3.05, 3.63) is 32.6 Å². The third-order valence-corrected chi connectivity index (χ3v) is 5.53. The van der Waals surface area contributed by atoms with E-state index in [4.69, 9.17) is 0 Å². The Balaban J connectivity index is 1.99. The number of aromatic nitrogens is 2. The smallest absolute Gasteiger partial charge is 0.311 e. The first-order valence-corrected chi connectivity index (χ1v) is 8.29. The SMILES string of the molecule is Cn1c(CNCC2CCS(=O)(=O)C2)cc(=O)n(C)c1=O. The molecule has 1 unspecified atom stereocenters. The summed E-state index contributed by atoms with van der Waals surface area (Å²) in [6.45, 7) is 0.945. The predicted octanol–water partition coefficient (Wildman–Crippen LogP) is -1.39. The van der Waals surface area contributed by atoms with Gasteiger partial charge < -0.3 is 5.32 Å². The van der Waals surface area contributed by atoms with Gasteiger partial charge in [-0.15, -0.1) is 0 Å². The number of hydrogen-bond donors (Lipinski definition) is 1. The highest BCUT2D eigenvalue weighted by molar-refractivity contribution is 7.91. The molecule has 0 radical (unpaired) electrons. The molecule has 8 heteroatoms. The van der Waals surface area contributed by atoms with Crippen LogP contribution in [0.15, 0.2) is 15.7 Å². The molecular weight excluding hydrogens is 282 g/mol. The van der Waals surface area contributed by atoms with Gasteiger partial charge in [0, 0.05) is 32.4 Å². The van der Waals surface area contributed by atoms with Crippen molar-refractivity contribution in [1.29, 1.82) is 0 Å². The monoisotopic (exact) mass is 301 g/mol. The summed E-state index contributed by atoms with van der Waals surface area (Å²) in [6.07, 6.45) is 0.671. The Morgan fingerprint density at radius 1 is 1.30 bits per heavy atom. The molecule has 1 aromatic heterocycles. The Hall–Kier alpha value is -1.41. The highest BCUT2D eigenvalue weighted by atomic mass is 32.2. The second-order valence-electron chi connectivity index (χ2n) is 5.27. The van der Waals surface area contributed by atoms with Gasteiger partial charge in [0.2, 0.25) is 0 Å². The molecular formula is C12H19N3O4S. The van der Waals surface area contributed by atoms with Crippen LogP contribution in [-0.2, 0) is 30.5 Å². The fourth-order valence-corrected chi connectivity index (χ4v) is 4.25. The van der Waals surface area contributed by atoms with Crippen molar-refractivity contribution in [2.75, 3.05) is 18.1 Å². The lowest BCUT2D eigenvalue weighted by atomic mass is 10.1. The molecule has 2 heterocycles. The van der Waals surface area contributed by atoms with Crippen molar-refractivity contribution in [1.82, 2.24) is 14.5 Å². The van der Waals surface area contributed by atoms with Gasteiger partial charge in [-0.05, 0) is 18.9 Å². The maximum absolute atomic E-state index is 11.7. The van der Waals surface area contributed by atoms with Crippen LogP contribution in [0.1, 0.15) is 12.1 Å². The van der Waals surface area contributed by atoms with Gasteiger partial charge in [0.15, 0.2) is 9.84 Å². The van der Waals surface area contributed by atoms with Crippen LogP contribution in [0.5, 0.6) is 0 Å². The summed E-state index contributed by atoms with van der Waals surface area (Å²) in [6, 6.07) is 1.42. The first-order chi connectivity index (χ1) is 9.30. The first-order valence-electron chi connectivity index (χ1n) is 6.47. The molecule has 1 aliphatic rings. The minimum Gasteiger partial charge on any atom is -0.311 e. The van der Waals surface area contributed by atoms with E-state index in [1.807, 2.05) is 0 Å². The summed E-state index contributed by atoms with van der Waals surface area (Å²) in [5.74, 6) is 0.586. The van der Waals surface area contributed by atoms with E-state index in [0.29, 0.717) is 25.2 Å². The number of rotatable bonds is 4. The van der Waals surface area contributed by atoms with Gasteiger partial charge in [0.25, 0.3) is 5.56 Å². The molecule has 0 spiro atoms. The lowest BCUT2D eigenvalue weighted by Crippen LogP contribution is -2.39. The van der Waals surface area contributed by atoms with E-state index in [0.717, 1.165) is 4.57 Å². The number of sulfone groups is 1. The van der Waals surface area contributed by atoms with Crippen molar-refractivity contribution >= 4 is 9.84 Å². The van der Waals surface area contributed by atoms with Crippen LogP contribution >= 0.6 is 0 Å². The molecule has 0 saturated carbocycles. The summed E-state index contributed by atoms with van der Waals surface area (Å²) < 4.78 is 25.1. The van der Waals surface area contributed by atoms with Gasteiger partial charge in [-0.2, -0.15) is 0 Å². The molecule has 1 saturated heterocycles. The Morgan fingerprint density at radius 2 is 2.00 bits per heavy atom. The third kappa shape index (κ3) is 3.18. The molecule has 0 bridgehead atoms. The van der Waals surface area contributed by atoms with Crippen molar-refractivity contribution in [2.24, 2.45) is 20.0 Å². The van der Waals surface area contributed by atoms with Gasteiger partial charge in [-0.25, -0.2) is 13.2 Å². The van der Waals surface area contributed by atoms with Gasteiger partial charge >= 0.3 is 5.69 Å². The quantitative estimate of drug-likeness (QED) is 0.739. The highest BCUT2D eigenvalue weighted by Gasteiger charge is 2.27. The minimum atomic E-state index is -2.87. The first kappa shape index (κ1) is 15.0. The molecule has 2 rings (SSSR count). The van der Waals surface area contributed by atoms with Gasteiger partial charge in [0.1, 0.15) is 0 Å². The van der Waals surface area contributed by atoms with Crippen LogP contribution in [0.4, 0.5) is 0 Å². The molecule has 0 aliphatic carbocycles. The largest absolute Gasteiger partial charge is 0.330 e. The van der Waals surface area contributed by atoms with E-state index < -0.39 is 9.84 Å². The second kappa shape index (κ2) is 5.53. The number of hydrogen-bond acceptors (Lipinski definition) is 5. The normalized spacial score (nSPS) is 21.2. The summed E-state index contributed by atoms with van der Waals surface area (Å²) in [5, 5.41) is 3.12. The molecule has 0 amide bonds. The van der Waals surface area contributed by atoms with Crippen molar-refractivity contribution in [2.45, 2.75) is 13.0 Å². The lowest BCUT2D eigenvalue weighted by molar-refractivity contribution is 0.507. The minimum absolute atomic E-state index is 0.114. The number of nitrogens with zero attached hydrogens (tertiary/aromatic N) is 2. The van der Waals surface area contributed by atoms with Crippen LogP contribution < -0.4 is 16.6 Å². The maximum Gasteiger partial charge on any atom is 0.330 e. The van der Waals surface area contributed by atoms with E-state index in [1.54, 1.807) is 7.05 Å². The van der Waals surface area contributed by atoms with Crippen LogP contribution in [0.25, 0.3) is 0 Å². The number of nitrogens with one attached hydrogen (secondary N) is 1. The van der Waals surface area contributed by atoms with Gasteiger partial charge in [-0.3, -0.25) is 13.9 Å². The average molecular weight is 301 g/mol. The predicted molar refractivity (Wildman–Crippen MR) is 75.4 cm³/mol. The molecule has 1 aliphatic heterocycles. The topological polar surface area (TPSA) is 90.2 Å². The second-order valence-corrected chi connectivity index (χ2v) is 7.50. The van der Waals surface area contributed by atoms with Crippen LogP contribution in [0, 0.1) is 5.92 Å². The molecule has 20 heavy (non-hydrogen) atoms. The zero-order valence-corrected chi connectivity index (χ0v) is 12.4. The molecule has 112 valence electrons. The Labute approximate surface area is 117 Å². The molecule has 1 fully saturated rings. The van der Waals surface area contributed by atoms with Crippen molar-refractivity contribution < 1.29 is 8.42 Å². The van der Waals surface area contributed by atoms with E-state index in [-0.39, 0.29) is 28.7 Å². The summed E-state index contributed by atoms with van der Waals surface area (Å²) in [4.78, 5) is 23.3. The van der Waals surface area contributed by atoms with E-state index in [9.17, 15) is 18.0 Å². The Kier molecular flexibility index (Phi) is 4.14. The van der Waals surface area contributed by atoms with Crippen LogP contribution in [0.2, 0.25) is 0 Å². The zero-order chi connectivity index (χ0) is 14.9. The van der Waals surface area contributed by atoms with Crippen LogP contribution in [0.3, 0.4) is 0 Å².